The Labute approximate surface area is 156 Å². The van der Waals surface area contributed by atoms with E-state index < -0.39 is 11.9 Å². The van der Waals surface area contributed by atoms with Gasteiger partial charge in [0.1, 0.15) is 17.2 Å². The smallest absolute Gasteiger partial charge is 0.434 e. The minimum atomic E-state index is -4.48. The molecule has 1 aromatic carbocycles. The van der Waals surface area contributed by atoms with Crippen LogP contribution >= 0.6 is 11.3 Å². The van der Waals surface area contributed by atoms with Crippen LogP contribution in [0.5, 0.6) is 5.75 Å². The molecule has 0 aliphatic carbocycles. The van der Waals surface area contributed by atoms with Gasteiger partial charge in [-0.1, -0.05) is 6.07 Å². The minimum Gasteiger partial charge on any atom is -0.487 e. The summed E-state index contributed by atoms with van der Waals surface area (Å²) in [7, 11) is 0. The van der Waals surface area contributed by atoms with Crippen molar-refractivity contribution >= 4 is 28.2 Å². The normalized spacial score (nSPS) is 17.7. The Kier molecular flexibility index (Phi) is 4.14. The summed E-state index contributed by atoms with van der Waals surface area (Å²) in [6, 6.07) is 4.83. The first-order valence-electron chi connectivity index (χ1n) is 8.33. The first-order chi connectivity index (χ1) is 12.8. The van der Waals surface area contributed by atoms with Crippen molar-refractivity contribution in [2.24, 2.45) is 0 Å². The standard InChI is InChI=1S/C18H15F3N2O3S/c1-3-23-9(2)7-25-14-11-5-4-10(6-12(11)26-15(14)17(23)24)16-22-13(8-27-16)18(19,20)21/h4-6,8-9H,3,7H2,1-2H3. The molecule has 0 N–H and O–H groups in total. The summed E-state index contributed by atoms with van der Waals surface area (Å²) in [5.74, 6) is 0.229. The molecule has 1 aliphatic rings. The molecule has 27 heavy (non-hydrogen) atoms. The van der Waals surface area contributed by atoms with Crippen molar-refractivity contribution in [2.45, 2.75) is 26.1 Å². The van der Waals surface area contributed by atoms with E-state index in [1.54, 1.807) is 23.1 Å². The number of fused-ring (bicyclic) bond motifs is 3. The Morgan fingerprint density at radius 1 is 1.37 bits per heavy atom. The average molecular weight is 396 g/mol. The lowest BCUT2D eigenvalue weighted by atomic mass is 10.1. The predicted molar refractivity (Wildman–Crippen MR) is 94.0 cm³/mol. The summed E-state index contributed by atoms with van der Waals surface area (Å²) in [6.07, 6.45) is -4.48. The lowest BCUT2D eigenvalue weighted by Crippen LogP contribution is -2.39. The van der Waals surface area contributed by atoms with Crippen LogP contribution in [0, 0.1) is 0 Å². The fourth-order valence-corrected chi connectivity index (χ4v) is 3.93. The highest BCUT2D eigenvalue weighted by Crippen LogP contribution is 2.39. The number of alkyl halides is 3. The van der Waals surface area contributed by atoms with Crippen molar-refractivity contribution in [3.63, 3.8) is 0 Å². The van der Waals surface area contributed by atoms with Crippen LogP contribution in [0.1, 0.15) is 30.1 Å². The summed E-state index contributed by atoms with van der Waals surface area (Å²) < 4.78 is 49.9. The Balaban J connectivity index is 1.77. The number of amides is 1. The third-order valence-electron chi connectivity index (χ3n) is 4.48. The number of ether oxygens (including phenoxy) is 1. The zero-order valence-electron chi connectivity index (χ0n) is 14.5. The monoisotopic (exact) mass is 396 g/mol. The Morgan fingerprint density at radius 3 is 2.81 bits per heavy atom. The molecule has 1 unspecified atom stereocenters. The molecule has 2 aromatic heterocycles. The van der Waals surface area contributed by atoms with Gasteiger partial charge < -0.3 is 14.1 Å². The van der Waals surface area contributed by atoms with Crippen LogP contribution in [0.15, 0.2) is 28.0 Å². The highest BCUT2D eigenvalue weighted by Gasteiger charge is 2.34. The van der Waals surface area contributed by atoms with Crippen molar-refractivity contribution in [1.29, 1.82) is 0 Å². The fraction of sp³-hybridized carbons (Fsp3) is 0.333. The molecule has 0 saturated carbocycles. The molecular weight excluding hydrogens is 381 g/mol. The maximum absolute atomic E-state index is 12.8. The zero-order valence-corrected chi connectivity index (χ0v) is 15.3. The quantitative estimate of drug-likeness (QED) is 0.623. The van der Waals surface area contributed by atoms with Crippen LogP contribution in [-0.4, -0.2) is 35.0 Å². The van der Waals surface area contributed by atoms with Gasteiger partial charge in [0.05, 0.1) is 11.4 Å². The van der Waals surface area contributed by atoms with Crippen LogP contribution < -0.4 is 4.74 Å². The molecule has 0 saturated heterocycles. The zero-order chi connectivity index (χ0) is 19.3. The van der Waals surface area contributed by atoms with Crippen LogP contribution in [0.25, 0.3) is 21.5 Å². The highest BCUT2D eigenvalue weighted by molar-refractivity contribution is 7.13. The number of hydrogen-bond donors (Lipinski definition) is 0. The largest absolute Gasteiger partial charge is 0.487 e. The van der Waals surface area contributed by atoms with Crippen molar-refractivity contribution in [1.82, 2.24) is 9.88 Å². The van der Waals surface area contributed by atoms with Gasteiger partial charge in [-0.05, 0) is 26.0 Å². The van der Waals surface area contributed by atoms with Gasteiger partial charge >= 0.3 is 6.18 Å². The van der Waals surface area contributed by atoms with Crippen molar-refractivity contribution in [3.8, 4) is 16.3 Å². The SMILES string of the molecule is CCN1C(=O)c2oc3cc(-c4nc(C(F)(F)F)cs4)ccc3c2OCC1C. The lowest BCUT2D eigenvalue weighted by molar-refractivity contribution is -0.140. The summed E-state index contributed by atoms with van der Waals surface area (Å²) in [6.45, 7) is 4.63. The number of carbonyl (C=O) groups excluding carboxylic acids is 1. The Hall–Kier alpha value is -2.55. The van der Waals surface area contributed by atoms with Gasteiger partial charge in [-0.3, -0.25) is 4.79 Å². The summed E-state index contributed by atoms with van der Waals surface area (Å²) in [5, 5.41) is 1.82. The van der Waals surface area contributed by atoms with Crippen molar-refractivity contribution in [2.75, 3.05) is 13.2 Å². The molecule has 1 amide bonds. The molecule has 5 nitrogen and oxygen atoms in total. The Bertz CT molecular complexity index is 1020. The summed E-state index contributed by atoms with van der Waals surface area (Å²) >= 11 is 0.902. The van der Waals surface area contributed by atoms with Gasteiger partial charge in [-0.25, -0.2) is 4.98 Å². The van der Waals surface area contributed by atoms with Crippen LogP contribution in [0.4, 0.5) is 13.2 Å². The molecule has 3 heterocycles. The number of benzene rings is 1. The van der Waals surface area contributed by atoms with E-state index >= 15 is 0 Å². The first-order valence-corrected chi connectivity index (χ1v) is 9.21. The number of hydrogen-bond acceptors (Lipinski definition) is 5. The molecular formula is C18H15F3N2O3S. The van der Waals surface area contributed by atoms with E-state index in [0.29, 0.717) is 35.4 Å². The summed E-state index contributed by atoms with van der Waals surface area (Å²) in [5.41, 5.74) is -0.0656. The van der Waals surface area contributed by atoms with E-state index in [1.165, 1.54) is 0 Å². The number of aromatic nitrogens is 1. The number of thiazole rings is 1. The van der Waals surface area contributed by atoms with Crippen LogP contribution in [0.3, 0.4) is 0 Å². The van der Waals surface area contributed by atoms with E-state index in [0.717, 1.165) is 16.7 Å². The number of nitrogens with zero attached hydrogens (tertiary/aromatic N) is 2. The average Bonchev–Trinajstić information content (AvgIpc) is 3.22. The van der Waals surface area contributed by atoms with E-state index in [4.69, 9.17) is 9.15 Å². The number of carbonyl (C=O) groups is 1. The van der Waals surface area contributed by atoms with Gasteiger partial charge in [0.15, 0.2) is 11.4 Å². The molecule has 142 valence electrons. The lowest BCUT2D eigenvalue weighted by Gasteiger charge is -2.23. The maximum atomic E-state index is 12.8. The number of rotatable bonds is 2. The molecule has 4 rings (SSSR count). The molecule has 1 aliphatic heterocycles. The second kappa shape index (κ2) is 6.26. The number of likely N-dealkylation sites (N-methyl/N-ethyl adjacent to an activating group) is 1. The molecule has 9 heteroatoms. The molecule has 0 bridgehead atoms. The Morgan fingerprint density at radius 2 is 2.15 bits per heavy atom. The third kappa shape index (κ3) is 2.95. The minimum absolute atomic E-state index is 0.0875. The van der Waals surface area contributed by atoms with Gasteiger partial charge in [0.25, 0.3) is 5.91 Å². The second-order valence-corrected chi connectivity index (χ2v) is 7.12. The van der Waals surface area contributed by atoms with Crippen LogP contribution in [0.2, 0.25) is 0 Å². The number of halogens is 3. The van der Waals surface area contributed by atoms with E-state index in [2.05, 4.69) is 4.98 Å². The van der Waals surface area contributed by atoms with E-state index in [9.17, 15) is 18.0 Å². The topological polar surface area (TPSA) is 55.6 Å². The van der Waals surface area contributed by atoms with Gasteiger partial charge in [-0.15, -0.1) is 11.3 Å². The molecule has 0 fully saturated rings. The third-order valence-corrected chi connectivity index (χ3v) is 5.37. The predicted octanol–water partition coefficient (Wildman–Crippen LogP) is 4.82. The van der Waals surface area contributed by atoms with Gasteiger partial charge in [0, 0.05) is 17.5 Å². The van der Waals surface area contributed by atoms with E-state index in [-0.39, 0.29) is 22.7 Å². The molecule has 0 spiro atoms. The fourth-order valence-electron chi connectivity index (χ4n) is 3.11. The van der Waals surface area contributed by atoms with E-state index in [1.807, 2.05) is 13.8 Å². The maximum Gasteiger partial charge on any atom is 0.434 e. The highest BCUT2D eigenvalue weighted by atomic mass is 32.1. The second-order valence-electron chi connectivity index (χ2n) is 6.26. The van der Waals surface area contributed by atoms with Crippen molar-refractivity contribution in [3.05, 3.63) is 35.0 Å². The molecule has 1 atom stereocenters. The summed E-state index contributed by atoms with van der Waals surface area (Å²) in [4.78, 5) is 18.0. The molecule has 0 radical (unpaired) electrons. The number of furan rings is 1. The van der Waals surface area contributed by atoms with Crippen molar-refractivity contribution < 1.29 is 27.1 Å². The van der Waals surface area contributed by atoms with Gasteiger partial charge in [-0.2, -0.15) is 13.2 Å². The van der Waals surface area contributed by atoms with Crippen LogP contribution in [-0.2, 0) is 6.18 Å². The van der Waals surface area contributed by atoms with Gasteiger partial charge in [0.2, 0.25) is 5.76 Å². The molecule has 3 aromatic rings. The first kappa shape index (κ1) is 17.8.